The molecule has 0 aromatic carbocycles. The first-order valence-corrected chi connectivity index (χ1v) is 12.4. The van der Waals surface area contributed by atoms with E-state index in [0.29, 0.717) is 13.0 Å². The molecule has 0 aromatic heterocycles. The van der Waals surface area contributed by atoms with E-state index in [9.17, 15) is 15.0 Å². The second-order valence-corrected chi connectivity index (χ2v) is 13.1. The van der Waals surface area contributed by atoms with Crippen LogP contribution in [0.1, 0.15) is 39.5 Å². The number of aliphatic hydroxyl groups excluding tert-OH is 1. The van der Waals surface area contributed by atoms with Crippen molar-refractivity contribution >= 4 is 13.4 Å². The topological polar surface area (TPSA) is 78.8 Å². The third-order valence-electron chi connectivity index (χ3n) is 5.66. The van der Waals surface area contributed by atoms with Crippen LogP contribution in [0.5, 0.6) is 0 Å². The number of aliphatic hydroxyl groups is 2. The van der Waals surface area contributed by atoms with Gasteiger partial charge in [-0.15, -0.1) is 0 Å². The molecule has 1 aliphatic carbocycles. The molecule has 3 N–H and O–H groups in total. The fourth-order valence-electron chi connectivity index (χ4n) is 3.89. The van der Waals surface area contributed by atoms with Gasteiger partial charge in [-0.2, -0.15) is 0 Å². The Morgan fingerprint density at radius 1 is 1.42 bits per heavy atom. The molecule has 1 heterocycles. The van der Waals surface area contributed by atoms with Crippen molar-refractivity contribution in [1.29, 1.82) is 0 Å². The van der Waals surface area contributed by atoms with Crippen molar-refractivity contribution in [2.24, 2.45) is 11.8 Å². The van der Waals surface area contributed by atoms with Crippen LogP contribution < -0.4 is 5.32 Å². The molecular formula is C18H34NO4P. The molecule has 5 atom stereocenters. The van der Waals surface area contributed by atoms with Gasteiger partial charge >= 0.3 is 146 Å². The Balaban J connectivity index is 2.12. The van der Waals surface area contributed by atoms with Gasteiger partial charge in [0.15, 0.2) is 0 Å². The van der Waals surface area contributed by atoms with Gasteiger partial charge in [-0.05, 0) is 0 Å². The van der Waals surface area contributed by atoms with Gasteiger partial charge in [0.05, 0.1) is 0 Å². The zero-order chi connectivity index (χ0) is 18.2. The molecule has 24 heavy (non-hydrogen) atoms. The summed E-state index contributed by atoms with van der Waals surface area (Å²) in [5.74, 6) is -0.797. The molecule has 1 saturated heterocycles. The van der Waals surface area contributed by atoms with E-state index < -0.39 is 30.7 Å². The minimum absolute atomic E-state index is 0.0347. The van der Waals surface area contributed by atoms with Crippen LogP contribution in [0.3, 0.4) is 0 Å². The number of allylic oxidation sites excluding steroid dienone is 1. The summed E-state index contributed by atoms with van der Waals surface area (Å²) in [4.78, 5) is 12.5. The Labute approximate surface area is 146 Å². The summed E-state index contributed by atoms with van der Waals surface area (Å²) in [6.45, 7) is 10.2. The first-order valence-electron chi connectivity index (χ1n) is 9.02. The molecule has 0 radical (unpaired) electrons. The Morgan fingerprint density at radius 2 is 2.08 bits per heavy atom. The SMILES string of the molecule is C[C@]1(O)[C@@H](CCO[PH](C)(C)C)C(=O)N[C@]1(C)[C@H](O)[C@@H]1C=CCCC1. The van der Waals surface area contributed by atoms with Gasteiger partial charge in [0.2, 0.25) is 0 Å². The second-order valence-electron chi connectivity index (χ2n) is 8.61. The Kier molecular flexibility index (Phi) is 5.81. The number of nitrogens with one attached hydrogen (secondary N) is 1. The molecule has 1 fully saturated rings. The molecule has 5 nitrogen and oxygen atoms in total. The molecule has 0 unspecified atom stereocenters. The summed E-state index contributed by atoms with van der Waals surface area (Å²) < 4.78 is 5.85. The van der Waals surface area contributed by atoms with Gasteiger partial charge in [0.1, 0.15) is 0 Å². The average molecular weight is 359 g/mol. The molecular weight excluding hydrogens is 325 g/mol. The van der Waals surface area contributed by atoms with Gasteiger partial charge < -0.3 is 0 Å². The zero-order valence-corrected chi connectivity index (χ0v) is 16.6. The first-order chi connectivity index (χ1) is 11.0. The molecule has 0 spiro atoms. The first kappa shape index (κ1) is 19.8. The summed E-state index contributed by atoms with van der Waals surface area (Å²) in [6.07, 6.45) is 6.68. The maximum absolute atomic E-state index is 12.5. The Morgan fingerprint density at radius 3 is 2.62 bits per heavy atom. The van der Waals surface area contributed by atoms with Gasteiger partial charge in [-0.25, -0.2) is 0 Å². The normalized spacial score (nSPS) is 38.9. The van der Waals surface area contributed by atoms with E-state index in [0.717, 1.165) is 19.3 Å². The molecule has 0 aromatic rings. The van der Waals surface area contributed by atoms with Crippen LogP contribution in [-0.2, 0) is 9.32 Å². The molecule has 2 aliphatic rings. The Hall–Kier alpha value is -0.480. The molecule has 6 heteroatoms. The molecule has 1 amide bonds. The van der Waals surface area contributed by atoms with Crippen molar-refractivity contribution < 1.29 is 19.5 Å². The van der Waals surface area contributed by atoms with E-state index in [2.05, 4.69) is 31.4 Å². The van der Waals surface area contributed by atoms with Crippen molar-refractivity contribution in [1.82, 2.24) is 5.32 Å². The van der Waals surface area contributed by atoms with Gasteiger partial charge in [-0.1, -0.05) is 0 Å². The minimum atomic E-state index is -1.65. The number of carbonyl (C=O) groups excluding carboxylic acids is 1. The molecule has 2 rings (SSSR count). The van der Waals surface area contributed by atoms with E-state index in [1.807, 2.05) is 6.08 Å². The van der Waals surface area contributed by atoms with E-state index in [-0.39, 0.29) is 11.8 Å². The van der Waals surface area contributed by atoms with E-state index in [1.165, 1.54) is 0 Å². The molecule has 140 valence electrons. The van der Waals surface area contributed by atoms with Gasteiger partial charge in [-0.3, -0.25) is 0 Å². The van der Waals surface area contributed by atoms with Crippen LogP contribution >= 0.6 is 7.49 Å². The summed E-state index contributed by atoms with van der Waals surface area (Å²) in [5, 5.41) is 25.0. The average Bonchev–Trinajstić information content (AvgIpc) is 2.66. The van der Waals surface area contributed by atoms with Crippen molar-refractivity contribution in [2.75, 3.05) is 26.6 Å². The summed E-state index contributed by atoms with van der Waals surface area (Å²) in [5.41, 5.74) is -2.38. The van der Waals surface area contributed by atoms with E-state index >= 15 is 0 Å². The number of carbonyl (C=O) groups is 1. The standard InChI is InChI=1S/C18H34NO4P/c1-17(15(20)13-9-7-6-8-10-13)18(2,22)14(16(21)19-17)11-12-23-24(3,4)5/h7,9,13-15,20,22,24H,6,8,10-12H2,1-5H3,(H,19,21)/t13-,14+,15-,17-,18+/m1/s1. The number of rotatable bonds is 6. The van der Waals surface area contributed by atoms with Crippen LogP contribution in [0.15, 0.2) is 12.2 Å². The van der Waals surface area contributed by atoms with Crippen LogP contribution in [0.4, 0.5) is 0 Å². The third-order valence-corrected chi connectivity index (χ3v) is 6.73. The van der Waals surface area contributed by atoms with E-state index in [4.69, 9.17) is 4.52 Å². The third kappa shape index (κ3) is 3.85. The van der Waals surface area contributed by atoms with Crippen molar-refractivity contribution in [3.8, 4) is 0 Å². The number of hydrogen-bond acceptors (Lipinski definition) is 4. The van der Waals surface area contributed by atoms with Crippen LogP contribution in [0.25, 0.3) is 0 Å². The maximum atomic E-state index is 12.5. The quantitative estimate of drug-likeness (QED) is 0.500. The number of hydrogen-bond donors (Lipinski definition) is 3. The zero-order valence-electron chi connectivity index (χ0n) is 15.6. The van der Waals surface area contributed by atoms with Gasteiger partial charge in [0, 0.05) is 0 Å². The Bertz CT molecular complexity index is 500. The van der Waals surface area contributed by atoms with Crippen molar-refractivity contribution in [3.05, 3.63) is 12.2 Å². The number of amides is 1. The summed E-state index contributed by atoms with van der Waals surface area (Å²) in [6, 6.07) is 0. The fourth-order valence-corrected chi connectivity index (χ4v) is 4.62. The monoisotopic (exact) mass is 359 g/mol. The van der Waals surface area contributed by atoms with E-state index in [1.54, 1.807) is 13.8 Å². The van der Waals surface area contributed by atoms with Crippen LogP contribution in [-0.4, -0.2) is 60.0 Å². The molecule has 1 aliphatic heterocycles. The van der Waals surface area contributed by atoms with Crippen LogP contribution in [0.2, 0.25) is 0 Å². The second kappa shape index (κ2) is 7.03. The van der Waals surface area contributed by atoms with Crippen molar-refractivity contribution in [2.45, 2.75) is 56.8 Å². The van der Waals surface area contributed by atoms with Crippen molar-refractivity contribution in [3.63, 3.8) is 0 Å². The molecule has 0 saturated carbocycles. The summed E-state index contributed by atoms with van der Waals surface area (Å²) in [7, 11) is -1.65. The fraction of sp³-hybridized carbons (Fsp3) is 0.833. The molecule has 0 bridgehead atoms. The van der Waals surface area contributed by atoms with Gasteiger partial charge in [0.25, 0.3) is 0 Å². The van der Waals surface area contributed by atoms with Crippen LogP contribution in [0, 0.1) is 11.8 Å². The predicted octanol–water partition coefficient (Wildman–Crippen LogP) is 1.92. The predicted molar refractivity (Wildman–Crippen MR) is 99.8 cm³/mol. The summed E-state index contributed by atoms with van der Waals surface area (Å²) >= 11 is 0.